The van der Waals surface area contributed by atoms with E-state index in [9.17, 15) is 0 Å². The molecule has 0 amide bonds. The van der Waals surface area contributed by atoms with E-state index in [4.69, 9.17) is 0 Å². The van der Waals surface area contributed by atoms with E-state index >= 15 is 0 Å². The van der Waals surface area contributed by atoms with Crippen LogP contribution in [0.25, 0.3) is 0 Å². The summed E-state index contributed by atoms with van der Waals surface area (Å²) >= 11 is 0. The van der Waals surface area contributed by atoms with Crippen molar-refractivity contribution < 1.29 is 0 Å². The average molecular weight is 176 g/mol. The molecule has 0 spiro atoms. The van der Waals surface area contributed by atoms with Gasteiger partial charge in [-0.05, 0) is 6.07 Å². The first-order valence-electron chi connectivity index (χ1n) is 4.79. The molecule has 2 nitrogen and oxygen atoms in total. The van der Waals surface area contributed by atoms with Crippen LogP contribution in [-0.2, 0) is 0 Å². The van der Waals surface area contributed by atoms with Crippen LogP contribution >= 0.6 is 0 Å². The second-order valence-electron chi connectivity index (χ2n) is 2.55. The highest BCUT2D eigenvalue weighted by molar-refractivity contribution is 5.88. The Labute approximate surface area is 79.7 Å². The molecule has 2 heteroatoms. The Bertz CT molecular complexity index is 279. The number of benzodiazepines with no additional fused rings is 1. The van der Waals surface area contributed by atoms with Crippen LogP contribution in [0.15, 0.2) is 29.3 Å². The standard InChI is InChI=1S/C9H10N2.C2H6/c1-2-4-9-8(3-1)7-10-5-6-11-9;1-2/h1-4,7,11H,5-6H2;1-2H3. The Hall–Kier alpha value is -1.31. The Morgan fingerprint density at radius 3 is 2.85 bits per heavy atom. The highest BCUT2D eigenvalue weighted by Crippen LogP contribution is 2.13. The van der Waals surface area contributed by atoms with Crippen molar-refractivity contribution in [3.8, 4) is 0 Å². The van der Waals surface area contributed by atoms with E-state index in [0.717, 1.165) is 13.1 Å². The summed E-state index contributed by atoms with van der Waals surface area (Å²) in [7, 11) is 0. The highest BCUT2D eigenvalue weighted by atomic mass is 14.9. The molecule has 13 heavy (non-hydrogen) atoms. The number of nitrogens with one attached hydrogen (secondary N) is 1. The molecule has 1 aliphatic heterocycles. The third kappa shape index (κ3) is 2.58. The second-order valence-corrected chi connectivity index (χ2v) is 2.55. The molecule has 1 aliphatic rings. The fourth-order valence-corrected chi connectivity index (χ4v) is 1.19. The monoisotopic (exact) mass is 176 g/mol. The number of aliphatic imine (C=N–C) groups is 1. The molecule has 1 aromatic carbocycles. The lowest BCUT2D eigenvalue weighted by Crippen LogP contribution is -2.02. The minimum atomic E-state index is 0.870. The van der Waals surface area contributed by atoms with Gasteiger partial charge in [-0.25, -0.2) is 0 Å². The van der Waals surface area contributed by atoms with Crippen LogP contribution in [0.2, 0.25) is 0 Å². The van der Waals surface area contributed by atoms with Crippen molar-refractivity contribution >= 4 is 11.9 Å². The van der Waals surface area contributed by atoms with E-state index < -0.39 is 0 Å². The number of nitrogens with zero attached hydrogens (tertiary/aromatic N) is 1. The van der Waals surface area contributed by atoms with Crippen molar-refractivity contribution in [1.82, 2.24) is 0 Å². The SMILES string of the molecule is C1=NCCNc2ccccc21.CC. The van der Waals surface area contributed by atoms with Gasteiger partial charge in [-0.2, -0.15) is 0 Å². The molecule has 0 bridgehead atoms. The minimum Gasteiger partial charge on any atom is -0.383 e. The fraction of sp³-hybridized carbons (Fsp3) is 0.364. The largest absolute Gasteiger partial charge is 0.383 e. The van der Waals surface area contributed by atoms with Gasteiger partial charge in [-0.1, -0.05) is 32.0 Å². The Kier molecular flexibility index (Phi) is 4.03. The van der Waals surface area contributed by atoms with E-state index in [-0.39, 0.29) is 0 Å². The lowest BCUT2D eigenvalue weighted by Gasteiger charge is -2.03. The average Bonchev–Trinajstić information content (AvgIpc) is 2.45. The number of benzene rings is 1. The first-order valence-corrected chi connectivity index (χ1v) is 4.79. The van der Waals surface area contributed by atoms with Crippen LogP contribution in [0.4, 0.5) is 5.69 Å². The molecule has 70 valence electrons. The Balaban J connectivity index is 0.000000396. The van der Waals surface area contributed by atoms with E-state index in [1.165, 1.54) is 11.3 Å². The molecule has 0 saturated heterocycles. The zero-order chi connectivity index (χ0) is 9.52. The van der Waals surface area contributed by atoms with Crippen molar-refractivity contribution in [2.75, 3.05) is 18.4 Å². The maximum absolute atomic E-state index is 4.22. The molecule has 0 fully saturated rings. The molecule has 0 atom stereocenters. The summed E-state index contributed by atoms with van der Waals surface area (Å²) in [4.78, 5) is 4.22. The fourth-order valence-electron chi connectivity index (χ4n) is 1.19. The molecule has 0 radical (unpaired) electrons. The number of rotatable bonds is 0. The van der Waals surface area contributed by atoms with Crippen LogP contribution in [0.1, 0.15) is 19.4 Å². The third-order valence-corrected chi connectivity index (χ3v) is 1.75. The van der Waals surface area contributed by atoms with Crippen molar-refractivity contribution in [2.24, 2.45) is 4.99 Å². The normalized spacial score (nSPS) is 13.1. The first-order chi connectivity index (χ1) is 6.47. The summed E-state index contributed by atoms with van der Waals surface area (Å²) in [6.45, 7) is 5.81. The lowest BCUT2D eigenvalue weighted by molar-refractivity contribution is 1.04. The van der Waals surface area contributed by atoms with Crippen LogP contribution in [-0.4, -0.2) is 19.3 Å². The maximum atomic E-state index is 4.22. The number of para-hydroxylation sites is 1. The molecule has 2 rings (SSSR count). The van der Waals surface area contributed by atoms with E-state index in [2.05, 4.69) is 22.4 Å². The smallest absolute Gasteiger partial charge is 0.0562 e. The first kappa shape index (κ1) is 9.78. The van der Waals surface area contributed by atoms with Gasteiger partial charge in [0.1, 0.15) is 0 Å². The summed E-state index contributed by atoms with van der Waals surface area (Å²) in [6, 6.07) is 8.20. The van der Waals surface area contributed by atoms with Gasteiger partial charge in [0.2, 0.25) is 0 Å². The van der Waals surface area contributed by atoms with Gasteiger partial charge >= 0.3 is 0 Å². The summed E-state index contributed by atoms with van der Waals surface area (Å²) in [5.41, 5.74) is 2.37. The Morgan fingerprint density at radius 1 is 1.23 bits per heavy atom. The molecule has 1 aromatic rings. The van der Waals surface area contributed by atoms with Gasteiger partial charge in [-0.3, -0.25) is 4.99 Å². The van der Waals surface area contributed by atoms with Crippen molar-refractivity contribution in [3.63, 3.8) is 0 Å². The number of anilines is 1. The van der Waals surface area contributed by atoms with Gasteiger partial charge in [-0.15, -0.1) is 0 Å². The zero-order valence-electron chi connectivity index (χ0n) is 8.25. The van der Waals surface area contributed by atoms with E-state index in [0.29, 0.717) is 0 Å². The number of fused-ring (bicyclic) bond motifs is 1. The van der Waals surface area contributed by atoms with Gasteiger partial charge in [0.15, 0.2) is 0 Å². The number of hydrogen-bond donors (Lipinski definition) is 1. The molecule has 1 heterocycles. The van der Waals surface area contributed by atoms with E-state index in [1.807, 2.05) is 32.2 Å². The molecule has 0 aliphatic carbocycles. The molecule has 1 N–H and O–H groups in total. The van der Waals surface area contributed by atoms with Crippen molar-refractivity contribution in [2.45, 2.75) is 13.8 Å². The van der Waals surface area contributed by atoms with Gasteiger partial charge < -0.3 is 5.32 Å². The predicted octanol–water partition coefficient (Wildman–Crippen LogP) is 2.56. The number of hydrogen-bond acceptors (Lipinski definition) is 2. The zero-order valence-corrected chi connectivity index (χ0v) is 8.25. The van der Waals surface area contributed by atoms with Crippen LogP contribution in [0, 0.1) is 0 Å². The second kappa shape index (κ2) is 5.36. The van der Waals surface area contributed by atoms with Gasteiger partial charge in [0, 0.05) is 24.0 Å². The summed E-state index contributed by atoms with van der Waals surface area (Å²) in [5, 5.41) is 3.30. The molecule has 0 saturated carbocycles. The van der Waals surface area contributed by atoms with Gasteiger partial charge in [0.25, 0.3) is 0 Å². The predicted molar refractivity (Wildman–Crippen MR) is 58.7 cm³/mol. The Morgan fingerprint density at radius 2 is 2.00 bits per heavy atom. The van der Waals surface area contributed by atoms with Crippen LogP contribution < -0.4 is 5.32 Å². The summed E-state index contributed by atoms with van der Waals surface area (Å²) < 4.78 is 0. The van der Waals surface area contributed by atoms with Gasteiger partial charge in [0.05, 0.1) is 6.54 Å². The quantitative estimate of drug-likeness (QED) is 0.645. The van der Waals surface area contributed by atoms with E-state index in [1.54, 1.807) is 0 Å². The topological polar surface area (TPSA) is 24.4 Å². The molecular formula is C11H16N2. The van der Waals surface area contributed by atoms with Crippen LogP contribution in [0.5, 0.6) is 0 Å². The van der Waals surface area contributed by atoms with Crippen LogP contribution in [0.3, 0.4) is 0 Å². The minimum absolute atomic E-state index is 0.870. The molecular weight excluding hydrogens is 160 g/mol. The van der Waals surface area contributed by atoms with Crippen molar-refractivity contribution in [3.05, 3.63) is 29.8 Å². The molecule has 0 unspecified atom stereocenters. The maximum Gasteiger partial charge on any atom is 0.0562 e. The van der Waals surface area contributed by atoms with Crippen molar-refractivity contribution in [1.29, 1.82) is 0 Å². The third-order valence-electron chi connectivity index (χ3n) is 1.75. The highest BCUT2D eigenvalue weighted by Gasteiger charge is 1.99. The summed E-state index contributed by atoms with van der Waals surface area (Å²) in [5.74, 6) is 0. The lowest BCUT2D eigenvalue weighted by atomic mass is 10.2. The molecule has 0 aromatic heterocycles. The summed E-state index contributed by atoms with van der Waals surface area (Å²) in [6.07, 6.45) is 1.93.